The van der Waals surface area contributed by atoms with Crippen LogP contribution in [0.2, 0.25) is 0 Å². The lowest BCUT2D eigenvalue weighted by Gasteiger charge is -2.11. The first kappa shape index (κ1) is 17.8. The van der Waals surface area contributed by atoms with E-state index in [0.717, 1.165) is 42.5 Å². The molecule has 4 rings (SSSR count). The van der Waals surface area contributed by atoms with Crippen LogP contribution < -0.4 is 0 Å². The first-order valence-corrected chi connectivity index (χ1v) is 9.08. The molecule has 138 valence electrons. The summed E-state index contributed by atoms with van der Waals surface area (Å²) in [5.41, 5.74) is 3.61. The Morgan fingerprint density at radius 1 is 0.815 bits per heavy atom. The third-order valence-electron chi connectivity index (χ3n) is 5.17. The lowest BCUT2D eigenvalue weighted by molar-refractivity contribution is 0.508. The van der Waals surface area contributed by atoms with E-state index < -0.39 is 23.3 Å². The molecule has 0 spiro atoms. The number of unbranched alkanes of at least 4 members (excludes halogenated alkanes) is 1. The van der Waals surface area contributed by atoms with Gasteiger partial charge in [-0.05, 0) is 58.9 Å². The largest absolute Gasteiger partial charge is 0.206 e. The van der Waals surface area contributed by atoms with Gasteiger partial charge in [0.15, 0.2) is 11.6 Å². The van der Waals surface area contributed by atoms with E-state index in [1.807, 2.05) is 12.1 Å². The average molecular weight is 370 g/mol. The Labute approximate surface area is 155 Å². The van der Waals surface area contributed by atoms with Crippen LogP contribution in [0.3, 0.4) is 0 Å². The molecule has 0 heterocycles. The van der Waals surface area contributed by atoms with Crippen LogP contribution in [0.5, 0.6) is 0 Å². The molecular weight excluding hydrogens is 352 g/mol. The molecule has 0 aliphatic heterocycles. The van der Waals surface area contributed by atoms with E-state index in [0.29, 0.717) is 17.5 Å². The zero-order valence-corrected chi connectivity index (χ0v) is 14.9. The van der Waals surface area contributed by atoms with Gasteiger partial charge in [-0.1, -0.05) is 37.6 Å². The SMILES string of the molecule is CCCCc1ccc2c(c1)Cc1c-2cc(F)c(-c2ccc(F)c(F)c2)c1F. The molecule has 0 aromatic heterocycles. The molecule has 0 saturated carbocycles. The first-order chi connectivity index (χ1) is 13.0. The number of halogens is 4. The molecule has 0 atom stereocenters. The van der Waals surface area contributed by atoms with Crippen molar-refractivity contribution in [1.82, 2.24) is 0 Å². The molecule has 0 N–H and O–H groups in total. The van der Waals surface area contributed by atoms with Gasteiger partial charge >= 0.3 is 0 Å². The highest BCUT2D eigenvalue weighted by Crippen LogP contribution is 2.42. The summed E-state index contributed by atoms with van der Waals surface area (Å²) in [5, 5.41) is 0. The summed E-state index contributed by atoms with van der Waals surface area (Å²) in [4.78, 5) is 0. The quantitative estimate of drug-likeness (QED) is 0.346. The van der Waals surface area contributed by atoms with Gasteiger partial charge in [-0.3, -0.25) is 0 Å². The van der Waals surface area contributed by atoms with Crippen LogP contribution in [0, 0.1) is 23.3 Å². The average Bonchev–Trinajstić information content (AvgIpc) is 3.01. The molecule has 0 amide bonds. The van der Waals surface area contributed by atoms with Gasteiger partial charge in [0.1, 0.15) is 11.6 Å². The fourth-order valence-electron chi connectivity index (χ4n) is 3.77. The molecule has 3 aromatic rings. The Morgan fingerprint density at radius 3 is 2.37 bits per heavy atom. The molecule has 0 fully saturated rings. The number of hydrogen-bond donors (Lipinski definition) is 0. The van der Waals surface area contributed by atoms with Gasteiger partial charge < -0.3 is 0 Å². The fraction of sp³-hybridized carbons (Fsp3) is 0.217. The number of fused-ring (bicyclic) bond motifs is 3. The second kappa shape index (κ2) is 6.84. The molecule has 4 heteroatoms. The second-order valence-corrected chi connectivity index (χ2v) is 6.97. The summed E-state index contributed by atoms with van der Waals surface area (Å²) in [6.07, 6.45) is 3.49. The van der Waals surface area contributed by atoms with Crippen molar-refractivity contribution in [2.45, 2.75) is 32.6 Å². The maximum Gasteiger partial charge on any atom is 0.159 e. The summed E-state index contributed by atoms with van der Waals surface area (Å²) >= 11 is 0. The topological polar surface area (TPSA) is 0 Å². The summed E-state index contributed by atoms with van der Waals surface area (Å²) in [7, 11) is 0. The molecule has 1 aliphatic rings. The van der Waals surface area contributed by atoms with Crippen molar-refractivity contribution in [3.63, 3.8) is 0 Å². The van der Waals surface area contributed by atoms with Gasteiger partial charge in [-0.2, -0.15) is 0 Å². The smallest absolute Gasteiger partial charge is 0.159 e. The Hall–Kier alpha value is -2.62. The Balaban J connectivity index is 1.79. The van der Waals surface area contributed by atoms with Crippen molar-refractivity contribution in [3.8, 4) is 22.3 Å². The van der Waals surface area contributed by atoms with E-state index in [2.05, 4.69) is 13.0 Å². The highest BCUT2D eigenvalue weighted by atomic mass is 19.2. The van der Waals surface area contributed by atoms with Crippen molar-refractivity contribution in [2.75, 3.05) is 0 Å². The van der Waals surface area contributed by atoms with E-state index in [-0.39, 0.29) is 11.1 Å². The van der Waals surface area contributed by atoms with Gasteiger partial charge in [0.25, 0.3) is 0 Å². The Morgan fingerprint density at radius 2 is 1.63 bits per heavy atom. The Bertz CT molecular complexity index is 1040. The van der Waals surface area contributed by atoms with Gasteiger partial charge in [0.05, 0.1) is 5.56 Å². The molecule has 27 heavy (non-hydrogen) atoms. The maximum atomic E-state index is 15.2. The van der Waals surface area contributed by atoms with Gasteiger partial charge in [0.2, 0.25) is 0 Å². The lowest BCUT2D eigenvalue weighted by atomic mass is 9.97. The summed E-state index contributed by atoms with van der Waals surface area (Å²) in [6.45, 7) is 2.13. The van der Waals surface area contributed by atoms with E-state index in [1.54, 1.807) is 0 Å². The minimum absolute atomic E-state index is 0.00806. The van der Waals surface area contributed by atoms with Gasteiger partial charge in [-0.25, -0.2) is 17.6 Å². The van der Waals surface area contributed by atoms with Crippen LogP contribution >= 0.6 is 0 Å². The standard InChI is InChI=1S/C23H18F4/c1-2-3-4-13-5-7-16-15(9-13)10-18-17(16)12-21(26)22(23(18)27)14-6-8-19(24)20(25)11-14/h5-9,11-12H,2-4,10H2,1H3. The summed E-state index contributed by atoms with van der Waals surface area (Å²) < 4.78 is 56.6. The third kappa shape index (κ3) is 3.03. The molecule has 1 aliphatic carbocycles. The summed E-state index contributed by atoms with van der Waals surface area (Å²) in [5.74, 6) is -3.66. The minimum Gasteiger partial charge on any atom is -0.206 e. The summed E-state index contributed by atoms with van der Waals surface area (Å²) in [6, 6.07) is 10.2. The zero-order valence-electron chi connectivity index (χ0n) is 14.9. The second-order valence-electron chi connectivity index (χ2n) is 6.97. The van der Waals surface area contributed by atoms with Crippen LogP contribution in [0.25, 0.3) is 22.3 Å². The van der Waals surface area contributed by atoms with Crippen LogP contribution in [-0.2, 0) is 12.8 Å². The maximum absolute atomic E-state index is 15.2. The predicted octanol–water partition coefficient (Wildman–Crippen LogP) is 6.82. The van der Waals surface area contributed by atoms with Gasteiger partial charge in [0, 0.05) is 12.0 Å². The first-order valence-electron chi connectivity index (χ1n) is 9.08. The van der Waals surface area contributed by atoms with Crippen LogP contribution in [0.4, 0.5) is 17.6 Å². The molecule has 3 aromatic carbocycles. The molecule has 0 nitrogen and oxygen atoms in total. The highest BCUT2D eigenvalue weighted by molar-refractivity contribution is 5.81. The van der Waals surface area contributed by atoms with Crippen LogP contribution in [0.1, 0.15) is 36.5 Å². The number of hydrogen-bond acceptors (Lipinski definition) is 0. The molecule has 0 bridgehead atoms. The van der Waals surface area contributed by atoms with E-state index >= 15 is 4.39 Å². The molecular formula is C23H18F4. The number of aryl methyl sites for hydroxylation is 1. The minimum atomic E-state index is -1.13. The molecule has 0 radical (unpaired) electrons. The van der Waals surface area contributed by atoms with E-state index in [4.69, 9.17) is 0 Å². The van der Waals surface area contributed by atoms with Crippen LogP contribution in [-0.4, -0.2) is 0 Å². The van der Waals surface area contributed by atoms with Crippen molar-refractivity contribution in [3.05, 3.63) is 82.4 Å². The van der Waals surface area contributed by atoms with E-state index in [9.17, 15) is 13.2 Å². The third-order valence-corrected chi connectivity index (χ3v) is 5.17. The highest BCUT2D eigenvalue weighted by Gasteiger charge is 2.27. The van der Waals surface area contributed by atoms with Crippen molar-refractivity contribution < 1.29 is 17.6 Å². The monoisotopic (exact) mass is 370 g/mol. The Kier molecular flexibility index (Phi) is 4.50. The van der Waals surface area contributed by atoms with Gasteiger partial charge in [-0.15, -0.1) is 0 Å². The van der Waals surface area contributed by atoms with E-state index in [1.165, 1.54) is 17.7 Å². The predicted molar refractivity (Wildman–Crippen MR) is 98.6 cm³/mol. The fourth-order valence-corrected chi connectivity index (χ4v) is 3.77. The van der Waals surface area contributed by atoms with Crippen LogP contribution in [0.15, 0.2) is 42.5 Å². The van der Waals surface area contributed by atoms with Crippen molar-refractivity contribution >= 4 is 0 Å². The molecule has 0 unspecified atom stereocenters. The normalized spacial score (nSPS) is 12.2. The number of benzene rings is 3. The zero-order chi connectivity index (χ0) is 19.1. The van der Waals surface area contributed by atoms with Crippen molar-refractivity contribution in [1.29, 1.82) is 0 Å². The number of rotatable bonds is 4. The lowest BCUT2D eigenvalue weighted by Crippen LogP contribution is -1.98. The van der Waals surface area contributed by atoms with Crippen molar-refractivity contribution in [2.24, 2.45) is 0 Å². The molecule has 0 saturated heterocycles.